The lowest BCUT2D eigenvalue weighted by atomic mass is 10.1. The van der Waals surface area contributed by atoms with E-state index in [0.29, 0.717) is 0 Å². The molecule has 1 aliphatic heterocycles. The van der Waals surface area contributed by atoms with Crippen LogP contribution in [0, 0.1) is 0 Å². The van der Waals surface area contributed by atoms with Crippen molar-refractivity contribution in [2.75, 3.05) is 13.1 Å². The molecule has 3 rings (SSSR count). The average molecular weight is 283 g/mol. The normalized spacial score (nSPS) is 19.7. The Labute approximate surface area is 125 Å². The molecule has 0 unspecified atom stereocenters. The van der Waals surface area contributed by atoms with E-state index < -0.39 is 0 Å². The van der Waals surface area contributed by atoms with Crippen molar-refractivity contribution in [2.24, 2.45) is 0 Å². The zero-order valence-corrected chi connectivity index (χ0v) is 12.6. The third kappa shape index (κ3) is 3.56. The molecule has 110 valence electrons. The average Bonchev–Trinajstić information content (AvgIpc) is 2.87. The molecule has 1 aliphatic rings. The minimum absolute atomic E-state index is 0.199. The molecule has 21 heavy (non-hydrogen) atoms. The standard InChI is InChI=1S/C18H21NO2/c1-14(10-17-7-5-9-20-17)11-19-12-15(2)21-18-8-4-3-6-16(18)13-19/h3-10,15H,11-13H2,1-2H3/b14-10+/t15-/m1/s1. The first-order valence-corrected chi connectivity index (χ1v) is 7.38. The lowest BCUT2D eigenvalue weighted by Crippen LogP contribution is -2.32. The monoisotopic (exact) mass is 283 g/mol. The van der Waals surface area contributed by atoms with Gasteiger partial charge >= 0.3 is 0 Å². The molecular formula is C18H21NO2. The largest absolute Gasteiger partial charge is 0.489 e. The van der Waals surface area contributed by atoms with E-state index in [2.05, 4.69) is 43.0 Å². The predicted octanol–water partition coefficient (Wildman–Crippen LogP) is 3.97. The lowest BCUT2D eigenvalue weighted by molar-refractivity contribution is 0.168. The van der Waals surface area contributed by atoms with Crippen LogP contribution < -0.4 is 4.74 Å². The highest BCUT2D eigenvalue weighted by Gasteiger charge is 2.19. The Kier molecular flexibility index (Phi) is 4.11. The smallest absolute Gasteiger partial charge is 0.126 e. The van der Waals surface area contributed by atoms with Gasteiger partial charge in [0.05, 0.1) is 6.26 Å². The molecule has 2 aromatic rings. The number of hydrogen-bond acceptors (Lipinski definition) is 3. The summed E-state index contributed by atoms with van der Waals surface area (Å²) in [6, 6.07) is 12.2. The van der Waals surface area contributed by atoms with Crippen LogP contribution in [0.1, 0.15) is 25.2 Å². The van der Waals surface area contributed by atoms with E-state index >= 15 is 0 Å². The van der Waals surface area contributed by atoms with Crippen molar-refractivity contribution < 1.29 is 9.15 Å². The van der Waals surface area contributed by atoms with E-state index in [1.807, 2.05) is 18.2 Å². The summed E-state index contributed by atoms with van der Waals surface area (Å²) >= 11 is 0. The summed E-state index contributed by atoms with van der Waals surface area (Å²) in [7, 11) is 0. The Morgan fingerprint density at radius 3 is 2.95 bits per heavy atom. The van der Waals surface area contributed by atoms with Gasteiger partial charge in [-0.05, 0) is 38.1 Å². The minimum atomic E-state index is 0.199. The SMILES string of the molecule is C/C(=C\c1ccco1)CN1Cc2ccccc2O[C@H](C)C1. The summed E-state index contributed by atoms with van der Waals surface area (Å²) in [5.41, 5.74) is 2.55. The third-order valence-electron chi connectivity index (χ3n) is 3.61. The Balaban J connectivity index is 1.74. The van der Waals surface area contributed by atoms with Gasteiger partial charge in [0, 0.05) is 25.2 Å². The van der Waals surface area contributed by atoms with Gasteiger partial charge in [0.15, 0.2) is 0 Å². The van der Waals surface area contributed by atoms with E-state index in [9.17, 15) is 0 Å². The number of ether oxygens (including phenoxy) is 1. The molecule has 0 radical (unpaired) electrons. The fourth-order valence-corrected chi connectivity index (χ4v) is 2.81. The molecule has 0 amide bonds. The van der Waals surface area contributed by atoms with E-state index in [0.717, 1.165) is 31.1 Å². The number of benzene rings is 1. The molecule has 1 atom stereocenters. The van der Waals surface area contributed by atoms with Gasteiger partial charge in [0.2, 0.25) is 0 Å². The van der Waals surface area contributed by atoms with Crippen LogP contribution in [0.5, 0.6) is 5.75 Å². The van der Waals surface area contributed by atoms with Crippen LogP contribution in [-0.4, -0.2) is 24.1 Å². The number of fused-ring (bicyclic) bond motifs is 1. The van der Waals surface area contributed by atoms with Crippen LogP contribution >= 0.6 is 0 Å². The van der Waals surface area contributed by atoms with Crippen LogP contribution in [0.25, 0.3) is 6.08 Å². The first-order valence-electron chi connectivity index (χ1n) is 7.38. The second-order valence-corrected chi connectivity index (χ2v) is 5.71. The van der Waals surface area contributed by atoms with E-state index in [1.165, 1.54) is 11.1 Å². The first kappa shape index (κ1) is 14.0. The number of furan rings is 1. The zero-order chi connectivity index (χ0) is 14.7. The van der Waals surface area contributed by atoms with Crippen molar-refractivity contribution in [1.82, 2.24) is 4.90 Å². The molecule has 0 N–H and O–H groups in total. The van der Waals surface area contributed by atoms with Crippen molar-refractivity contribution in [3.05, 3.63) is 59.6 Å². The van der Waals surface area contributed by atoms with Crippen LogP contribution in [0.2, 0.25) is 0 Å². The maximum Gasteiger partial charge on any atom is 0.126 e. The summed E-state index contributed by atoms with van der Waals surface area (Å²) in [4.78, 5) is 2.42. The Morgan fingerprint density at radius 2 is 2.14 bits per heavy atom. The van der Waals surface area contributed by atoms with Crippen LogP contribution in [0.15, 0.2) is 52.7 Å². The van der Waals surface area contributed by atoms with Gasteiger partial charge in [0.25, 0.3) is 0 Å². The number of hydrogen-bond donors (Lipinski definition) is 0. The third-order valence-corrected chi connectivity index (χ3v) is 3.61. The summed E-state index contributed by atoms with van der Waals surface area (Å²) in [5, 5.41) is 0. The van der Waals surface area contributed by atoms with Crippen LogP contribution in [-0.2, 0) is 6.54 Å². The van der Waals surface area contributed by atoms with Crippen molar-refractivity contribution >= 4 is 6.08 Å². The Bertz CT molecular complexity index is 616. The molecule has 0 aliphatic carbocycles. The van der Waals surface area contributed by atoms with Gasteiger partial charge in [-0.2, -0.15) is 0 Å². The highest BCUT2D eigenvalue weighted by atomic mass is 16.5. The topological polar surface area (TPSA) is 25.6 Å². The maximum atomic E-state index is 5.99. The summed E-state index contributed by atoms with van der Waals surface area (Å²) in [5.74, 6) is 1.92. The Morgan fingerprint density at radius 1 is 1.29 bits per heavy atom. The predicted molar refractivity (Wildman–Crippen MR) is 84.2 cm³/mol. The molecule has 1 aromatic heterocycles. The van der Waals surface area contributed by atoms with E-state index in [4.69, 9.17) is 9.15 Å². The van der Waals surface area contributed by atoms with Gasteiger partial charge in [-0.25, -0.2) is 0 Å². The fraction of sp³-hybridized carbons (Fsp3) is 0.333. The van der Waals surface area contributed by atoms with Gasteiger partial charge in [-0.3, -0.25) is 4.90 Å². The van der Waals surface area contributed by atoms with Crippen molar-refractivity contribution in [3.8, 4) is 5.75 Å². The zero-order valence-electron chi connectivity index (χ0n) is 12.6. The molecule has 1 aromatic carbocycles. The lowest BCUT2D eigenvalue weighted by Gasteiger charge is -2.22. The molecule has 0 bridgehead atoms. The number of nitrogens with zero attached hydrogens (tertiary/aromatic N) is 1. The quantitative estimate of drug-likeness (QED) is 0.852. The molecule has 3 nitrogen and oxygen atoms in total. The van der Waals surface area contributed by atoms with Crippen LogP contribution in [0.3, 0.4) is 0 Å². The van der Waals surface area contributed by atoms with Crippen LogP contribution in [0.4, 0.5) is 0 Å². The van der Waals surface area contributed by atoms with Crippen molar-refractivity contribution in [2.45, 2.75) is 26.5 Å². The van der Waals surface area contributed by atoms with Crippen molar-refractivity contribution in [1.29, 1.82) is 0 Å². The molecule has 0 saturated carbocycles. The molecule has 0 saturated heterocycles. The second kappa shape index (κ2) is 6.19. The first-order chi connectivity index (χ1) is 10.2. The molecular weight excluding hydrogens is 262 g/mol. The van der Waals surface area contributed by atoms with Crippen molar-refractivity contribution in [3.63, 3.8) is 0 Å². The van der Waals surface area contributed by atoms with Gasteiger partial charge < -0.3 is 9.15 Å². The highest BCUT2D eigenvalue weighted by molar-refractivity contribution is 5.46. The molecule has 0 fully saturated rings. The van der Waals surface area contributed by atoms with E-state index in [-0.39, 0.29) is 6.10 Å². The molecule has 2 heterocycles. The molecule has 3 heteroatoms. The highest BCUT2D eigenvalue weighted by Crippen LogP contribution is 2.25. The van der Waals surface area contributed by atoms with Gasteiger partial charge in [0.1, 0.15) is 17.6 Å². The Hall–Kier alpha value is -2.00. The molecule has 0 spiro atoms. The summed E-state index contributed by atoms with van der Waals surface area (Å²) in [6.07, 6.45) is 4.00. The number of para-hydroxylation sites is 1. The second-order valence-electron chi connectivity index (χ2n) is 5.71. The summed E-state index contributed by atoms with van der Waals surface area (Å²) in [6.45, 7) is 7.04. The summed E-state index contributed by atoms with van der Waals surface area (Å²) < 4.78 is 11.4. The fourth-order valence-electron chi connectivity index (χ4n) is 2.81. The van der Waals surface area contributed by atoms with Gasteiger partial charge in [-0.15, -0.1) is 0 Å². The van der Waals surface area contributed by atoms with E-state index in [1.54, 1.807) is 6.26 Å². The maximum absolute atomic E-state index is 5.99. The van der Waals surface area contributed by atoms with Gasteiger partial charge in [-0.1, -0.05) is 23.8 Å². The minimum Gasteiger partial charge on any atom is -0.489 e. The number of rotatable bonds is 3.